The number of phenolic OH excluding ortho intramolecular Hbond substituents is 1. The number of nitrogens with one attached hydrogen (secondary N) is 2. The molecule has 2 aromatic carbocycles. The summed E-state index contributed by atoms with van der Waals surface area (Å²) >= 11 is 0. The van der Waals surface area contributed by atoms with Crippen LogP contribution in [-0.2, 0) is 9.59 Å². The third-order valence-electron chi connectivity index (χ3n) is 9.18. The molecule has 0 radical (unpaired) electrons. The van der Waals surface area contributed by atoms with Crippen LogP contribution in [0.15, 0.2) is 48.5 Å². The van der Waals surface area contributed by atoms with Gasteiger partial charge in [0.2, 0.25) is 11.8 Å². The van der Waals surface area contributed by atoms with E-state index in [9.17, 15) is 28.3 Å². The van der Waals surface area contributed by atoms with Gasteiger partial charge in [-0.15, -0.1) is 0 Å². The maximum atomic E-state index is 14.6. The lowest BCUT2D eigenvalue weighted by Gasteiger charge is -2.35. The molecule has 0 bridgehead atoms. The highest BCUT2D eigenvalue weighted by atomic mass is 19.1. The highest BCUT2D eigenvalue weighted by Gasteiger charge is 2.40. The summed E-state index contributed by atoms with van der Waals surface area (Å²) in [5, 5.41) is 17.0. The van der Waals surface area contributed by atoms with E-state index in [4.69, 9.17) is 0 Å². The molecule has 3 atom stereocenters. The number of hydrogen-bond donors (Lipinski definition) is 3. The number of likely N-dealkylation sites (N-methyl/N-ethyl adjacent to an activating group) is 1. The number of rotatable bonds is 9. The van der Waals surface area contributed by atoms with Crippen LogP contribution in [0.4, 0.5) is 14.5 Å². The van der Waals surface area contributed by atoms with Crippen molar-refractivity contribution in [3.05, 3.63) is 71.2 Å². The van der Waals surface area contributed by atoms with Crippen LogP contribution in [-0.4, -0.2) is 96.1 Å². The van der Waals surface area contributed by atoms with Crippen molar-refractivity contribution in [1.29, 1.82) is 0 Å². The number of likely N-dealkylation sites (tertiary alicyclic amines) is 1. The number of pyridine rings is 1. The number of aromatic hydroxyl groups is 1. The molecular formula is C35H40F2N6O4. The number of phenols is 1. The zero-order chi connectivity index (χ0) is 33.2. The number of hydrogen-bond acceptors (Lipinski definition) is 7. The van der Waals surface area contributed by atoms with E-state index in [1.54, 1.807) is 19.1 Å². The van der Waals surface area contributed by atoms with E-state index in [2.05, 4.69) is 38.5 Å². The standard InChI is InChI=1S/C35H40F2N6O4/c1-21(27-18-32(44)30(42-13-11-41(2)12-14-42)16-23(27)6-5-22-3-4-22)39-35(47)31-17-26(37)20-43(31)33(45)19-38-34(46)29-9-7-24-15-25(36)8-10-28(24)40-29/h5-10,15-16,18,21-22,26,31,44H,3-4,11-14,17,19-20H2,1-2H3,(H,38,46)(H,39,47)/b6-5+/t21-,26+,31?/m1/s1. The number of carbonyl (C=O) groups is 3. The monoisotopic (exact) mass is 646 g/mol. The van der Waals surface area contributed by atoms with E-state index in [1.807, 2.05) is 12.1 Å². The van der Waals surface area contributed by atoms with Crippen LogP contribution < -0.4 is 15.5 Å². The molecule has 3 amide bonds. The van der Waals surface area contributed by atoms with E-state index in [0.717, 1.165) is 60.7 Å². The van der Waals surface area contributed by atoms with Gasteiger partial charge >= 0.3 is 0 Å². The first-order valence-corrected chi connectivity index (χ1v) is 16.1. The number of allylic oxidation sites excluding steroid dienone is 1. The van der Waals surface area contributed by atoms with Crippen LogP contribution in [0.5, 0.6) is 5.75 Å². The summed E-state index contributed by atoms with van der Waals surface area (Å²) in [5.74, 6) is -1.51. The van der Waals surface area contributed by atoms with Crippen LogP contribution in [0.2, 0.25) is 0 Å². The van der Waals surface area contributed by atoms with Crippen molar-refractivity contribution in [2.24, 2.45) is 5.92 Å². The Morgan fingerprint density at radius 1 is 1.09 bits per heavy atom. The summed E-state index contributed by atoms with van der Waals surface area (Å²) in [6.45, 7) is 4.44. The summed E-state index contributed by atoms with van der Waals surface area (Å²) in [7, 11) is 2.07. The topological polar surface area (TPSA) is 118 Å². The second-order valence-corrected chi connectivity index (χ2v) is 12.8. The minimum absolute atomic E-state index is 0.0400. The van der Waals surface area contributed by atoms with Gasteiger partial charge in [-0.25, -0.2) is 13.8 Å². The van der Waals surface area contributed by atoms with Gasteiger partial charge in [0, 0.05) is 38.0 Å². The molecule has 0 spiro atoms. The Labute approximate surface area is 272 Å². The Bertz CT molecular complexity index is 1700. The fourth-order valence-electron chi connectivity index (χ4n) is 6.22. The zero-order valence-electron chi connectivity index (χ0n) is 26.6. The molecule has 3 fully saturated rings. The first-order chi connectivity index (χ1) is 22.5. The predicted octanol–water partition coefficient (Wildman–Crippen LogP) is 3.80. The largest absolute Gasteiger partial charge is 0.506 e. The number of carbonyl (C=O) groups excluding carboxylic acids is 3. The van der Waals surface area contributed by atoms with Crippen LogP contribution >= 0.6 is 0 Å². The third-order valence-corrected chi connectivity index (χ3v) is 9.18. The Kier molecular flexibility index (Phi) is 9.40. The Hall–Kier alpha value is -4.58. The van der Waals surface area contributed by atoms with E-state index in [1.165, 1.54) is 24.3 Å². The average Bonchev–Trinajstić information content (AvgIpc) is 3.81. The molecule has 248 valence electrons. The smallest absolute Gasteiger partial charge is 0.270 e. The van der Waals surface area contributed by atoms with Gasteiger partial charge in [0.05, 0.1) is 30.3 Å². The van der Waals surface area contributed by atoms with Crippen LogP contribution in [0, 0.1) is 11.7 Å². The molecule has 1 saturated carbocycles. The van der Waals surface area contributed by atoms with E-state index >= 15 is 0 Å². The summed E-state index contributed by atoms with van der Waals surface area (Å²) in [4.78, 5) is 49.2. The fourth-order valence-corrected chi connectivity index (χ4v) is 6.22. The van der Waals surface area contributed by atoms with E-state index in [-0.39, 0.29) is 24.4 Å². The molecule has 12 heteroatoms. The van der Waals surface area contributed by atoms with Crippen molar-refractivity contribution in [1.82, 2.24) is 25.4 Å². The maximum Gasteiger partial charge on any atom is 0.270 e. The lowest BCUT2D eigenvalue weighted by Crippen LogP contribution is -2.49. The molecule has 2 aliphatic heterocycles. The van der Waals surface area contributed by atoms with Gasteiger partial charge in [0.15, 0.2) is 0 Å². The molecule has 1 aliphatic carbocycles. The van der Waals surface area contributed by atoms with E-state index < -0.39 is 48.3 Å². The highest BCUT2D eigenvalue weighted by Crippen LogP contribution is 2.37. The lowest BCUT2D eigenvalue weighted by molar-refractivity contribution is -0.138. The van der Waals surface area contributed by atoms with Gasteiger partial charge in [-0.1, -0.05) is 18.2 Å². The summed E-state index contributed by atoms with van der Waals surface area (Å²) in [5.41, 5.74) is 2.81. The van der Waals surface area contributed by atoms with Crippen LogP contribution in [0.25, 0.3) is 17.0 Å². The van der Waals surface area contributed by atoms with Gasteiger partial charge in [-0.05, 0) is 80.3 Å². The number of halogens is 2. The number of benzene rings is 2. The molecule has 3 aliphatic rings. The molecule has 1 aromatic heterocycles. The molecule has 10 nitrogen and oxygen atoms in total. The third kappa shape index (κ3) is 7.54. The van der Waals surface area contributed by atoms with Gasteiger partial charge in [0.1, 0.15) is 29.5 Å². The number of nitrogens with zero attached hydrogens (tertiary/aromatic N) is 4. The first kappa shape index (κ1) is 32.4. The predicted molar refractivity (Wildman–Crippen MR) is 175 cm³/mol. The van der Waals surface area contributed by atoms with E-state index in [0.29, 0.717) is 16.8 Å². The Morgan fingerprint density at radius 2 is 1.85 bits per heavy atom. The fraction of sp³-hybridized carbons (Fsp3) is 0.429. The summed E-state index contributed by atoms with van der Waals surface area (Å²) in [6, 6.07) is 9.04. The number of fused-ring (bicyclic) bond motifs is 1. The molecule has 2 saturated heterocycles. The van der Waals surface area contributed by atoms with Crippen LogP contribution in [0.1, 0.15) is 53.8 Å². The average molecular weight is 647 g/mol. The molecule has 3 heterocycles. The molecule has 1 unspecified atom stereocenters. The Balaban J connectivity index is 1.12. The van der Waals surface area contributed by atoms with Gasteiger partial charge < -0.3 is 30.4 Å². The van der Waals surface area contributed by atoms with Crippen molar-refractivity contribution >= 4 is 40.4 Å². The maximum absolute atomic E-state index is 14.6. The van der Waals surface area contributed by atoms with Crippen molar-refractivity contribution in [2.75, 3.05) is 51.2 Å². The van der Waals surface area contributed by atoms with Crippen molar-refractivity contribution in [3.8, 4) is 5.75 Å². The number of alkyl halides is 1. The highest BCUT2D eigenvalue weighted by molar-refractivity contribution is 5.97. The second-order valence-electron chi connectivity index (χ2n) is 12.8. The number of amides is 3. The SMILES string of the molecule is C[C@@H](NC(=O)C1C[C@H](F)CN1C(=O)CNC(=O)c1ccc2cc(F)ccc2n1)c1cc(O)c(N2CCN(C)CC2)cc1/C=C/C1CC1. The van der Waals surface area contributed by atoms with Crippen molar-refractivity contribution < 1.29 is 28.3 Å². The normalized spacial score (nSPS) is 20.9. The summed E-state index contributed by atoms with van der Waals surface area (Å²) < 4.78 is 28.1. The van der Waals surface area contributed by atoms with Gasteiger partial charge in [-0.3, -0.25) is 14.4 Å². The van der Waals surface area contributed by atoms with Crippen molar-refractivity contribution in [2.45, 2.75) is 44.4 Å². The quantitative estimate of drug-likeness (QED) is 0.324. The number of anilines is 1. The number of piperazine rings is 1. The minimum Gasteiger partial charge on any atom is -0.506 e. The lowest BCUT2D eigenvalue weighted by atomic mass is 9.98. The minimum atomic E-state index is -1.40. The molecule has 3 N–H and O–H groups in total. The van der Waals surface area contributed by atoms with Gasteiger partial charge in [-0.2, -0.15) is 0 Å². The molecular weight excluding hydrogens is 606 g/mol. The van der Waals surface area contributed by atoms with Crippen molar-refractivity contribution in [3.63, 3.8) is 0 Å². The molecule has 6 rings (SSSR count). The van der Waals surface area contributed by atoms with Crippen LogP contribution in [0.3, 0.4) is 0 Å². The molecule has 47 heavy (non-hydrogen) atoms. The summed E-state index contributed by atoms with van der Waals surface area (Å²) in [6.07, 6.45) is 4.92. The molecule has 3 aromatic rings. The first-order valence-electron chi connectivity index (χ1n) is 16.1. The second kappa shape index (κ2) is 13.6. The number of aromatic nitrogens is 1. The van der Waals surface area contributed by atoms with Gasteiger partial charge in [0.25, 0.3) is 5.91 Å². The Morgan fingerprint density at radius 3 is 2.60 bits per heavy atom. The zero-order valence-corrected chi connectivity index (χ0v) is 26.6.